The van der Waals surface area contributed by atoms with Crippen LogP contribution in [0.5, 0.6) is 0 Å². The summed E-state index contributed by atoms with van der Waals surface area (Å²) in [5, 5.41) is 2.64. The number of ether oxygens (including phenoxy) is 1. The van der Waals surface area contributed by atoms with E-state index in [1.807, 2.05) is 6.92 Å². The average molecular weight is 190 g/mol. The lowest BCUT2D eigenvalue weighted by Gasteiger charge is -2.14. The minimum Gasteiger partial charge on any atom is -0.392 e. The Hall–Kier alpha value is -0.680. The molecule has 12 heavy (non-hydrogen) atoms. The molecule has 0 aliphatic carbocycles. The summed E-state index contributed by atoms with van der Waals surface area (Å²) in [6.07, 6.45) is 0.699. The number of amides is 1. The minimum atomic E-state index is -0.220. The van der Waals surface area contributed by atoms with Crippen LogP contribution in [0.3, 0.4) is 0 Å². The molecule has 0 aromatic carbocycles. The maximum atomic E-state index is 11.0. The third-order valence-corrected chi connectivity index (χ3v) is 1.65. The lowest BCUT2D eigenvalue weighted by Crippen LogP contribution is -2.44. The zero-order valence-corrected chi connectivity index (χ0v) is 8.11. The first-order chi connectivity index (χ1) is 5.61. The van der Waals surface area contributed by atoms with Crippen molar-refractivity contribution in [1.29, 1.82) is 0 Å². The van der Waals surface area contributed by atoms with Gasteiger partial charge in [-0.25, -0.2) is 0 Å². The summed E-state index contributed by atoms with van der Waals surface area (Å²) in [7, 11) is 1.46. The van der Waals surface area contributed by atoms with Crippen LogP contribution in [-0.2, 0) is 9.53 Å². The number of carbonyl (C=O) groups excluding carboxylic acids is 1. The standard InChI is InChI=1S/C7H14N2O2S/c1-3-5(7(8)12)9-6(10)4-11-2/h5H,3-4H2,1-2H3,(H2,8,12)(H,9,10). The lowest BCUT2D eigenvalue weighted by atomic mass is 10.2. The van der Waals surface area contributed by atoms with E-state index in [1.165, 1.54) is 7.11 Å². The highest BCUT2D eigenvalue weighted by Crippen LogP contribution is 1.90. The van der Waals surface area contributed by atoms with Gasteiger partial charge in [-0.2, -0.15) is 0 Å². The zero-order valence-electron chi connectivity index (χ0n) is 7.29. The van der Waals surface area contributed by atoms with Gasteiger partial charge in [-0.1, -0.05) is 19.1 Å². The van der Waals surface area contributed by atoms with Gasteiger partial charge in [0.05, 0.1) is 11.0 Å². The number of thiocarbonyl (C=S) groups is 1. The summed E-state index contributed by atoms with van der Waals surface area (Å²) < 4.78 is 4.63. The van der Waals surface area contributed by atoms with Crippen molar-refractivity contribution in [2.24, 2.45) is 5.73 Å². The first-order valence-corrected chi connectivity index (χ1v) is 4.10. The molecule has 0 aliphatic heterocycles. The number of hydrogen-bond donors (Lipinski definition) is 2. The molecule has 0 bridgehead atoms. The van der Waals surface area contributed by atoms with Crippen molar-refractivity contribution in [3.05, 3.63) is 0 Å². The first kappa shape index (κ1) is 11.3. The number of carbonyl (C=O) groups is 1. The van der Waals surface area contributed by atoms with Crippen LogP contribution in [0.15, 0.2) is 0 Å². The molecule has 5 heteroatoms. The predicted octanol–water partition coefficient (Wildman–Crippen LogP) is -0.186. The van der Waals surface area contributed by atoms with Crippen LogP contribution in [0.4, 0.5) is 0 Å². The van der Waals surface area contributed by atoms with Crippen LogP contribution < -0.4 is 11.1 Å². The molecule has 0 saturated carbocycles. The third kappa shape index (κ3) is 4.25. The maximum absolute atomic E-state index is 11.0. The smallest absolute Gasteiger partial charge is 0.246 e. The number of nitrogens with one attached hydrogen (secondary N) is 1. The van der Waals surface area contributed by atoms with Crippen LogP contribution in [0.1, 0.15) is 13.3 Å². The van der Waals surface area contributed by atoms with Crippen LogP contribution in [-0.4, -0.2) is 30.7 Å². The monoisotopic (exact) mass is 190 g/mol. The van der Waals surface area contributed by atoms with Crippen molar-refractivity contribution >= 4 is 23.1 Å². The van der Waals surface area contributed by atoms with E-state index in [2.05, 4.69) is 10.1 Å². The highest BCUT2D eigenvalue weighted by atomic mass is 32.1. The van der Waals surface area contributed by atoms with Crippen molar-refractivity contribution in [2.75, 3.05) is 13.7 Å². The Morgan fingerprint density at radius 3 is 2.67 bits per heavy atom. The molecule has 0 fully saturated rings. The Bertz CT molecular complexity index is 173. The number of hydrogen-bond acceptors (Lipinski definition) is 3. The van der Waals surface area contributed by atoms with Gasteiger partial charge in [-0.3, -0.25) is 4.79 Å². The summed E-state index contributed by atoms with van der Waals surface area (Å²) >= 11 is 4.74. The highest BCUT2D eigenvalue weighted by Gasteiger charge is 2.11. The second-order valence-corrected chi connectivity index (χ2v) is 2.84. The van der Waals surface area contributed by atoms with Gasteiger partial charge in [0.25, 0.3) is 0 Å². The van der Waals surface area contributed by atoms with Gasteiger partial charge in [0.15, 0.2) is 0 Å². The Labute approximate surface area is 77.5 Å². The molecular weight excluding hydrogens is 176 g/mol. The van der Waals surface area contributed by atoms with Gasteiger partial charge in [0.2, 0.25) is 5.91 Å². The molecule has 0 aliphatic rings. The topological polar surface area (TPSA) is 64.3 Å². The van der Waals surface area contributed by atoms with E-state index in [-0.39, 0.29) is 18.6 Å². The third-order valence-electron chi connectivity index (χ3n) is 1.36. The molecule has 0 radical (unpaired) electrons. The summed E-state index contributed by atoms with van der Waals surface area (Å²) in [4.78, 5) is 11.3. The average Bonchev–Trinajstić information content (AvgIpc) is 2.00. The molecule has 0 aromatic rings. The van der Waals surface area contributed by atoms with Crippen molar-refractivity contribution in [1.82, 2.24) is 5.32 Å². The molecule has 0 rings (SSSR count). The Morgan fingerprint density at radius 1 is 1.75 bits per heavy atom. The molecule has 4 nitrogen and oxygen atoms in total. The Kier molecular flexibility index (Phi) is 5.57. The van der Waals surface area contributed by atoms with E-state index < -0.39 is 0 Å². The Balaban J connectivity index is 3.85. The van der Waals surface area contributed by atoms with E-state index in [1.54, 1.807) is 0 Å². The lowest BCUT2D eigenvalue weighted by molar-refractivity contribution is -0.125. The fourth-order valence-corrected chi connectivity index (χ4v) is 0.967. The van der Waals surface area contributed by atoms with E-state index in [0.717, 1.165) is 0 Å². The Morgan fingerprint density at radius 2 is 2.33 bits per heavy atom. The predicted molar refractivity (Wildman–Crippen MR) is 50.9 cm³/mol. The number of methoxy groups -OCH3 is 1. The largest absolute Gasteiger partial charge is 0.392 e. The SMILES string of the molecule is CCC(NC(=O)COC)C(N)=S. The summed E-state index contributed by atoms with van der Waals surface area (Å²) in [6.45, 7) is 1.94. The maximum Gasteiger partial charge on any atom is 0.246 e. The molecule has 1 amide bonds. The van der Waals surface area contributed by atoms with Crippen LogP contribution >= 0.6 is 12.2 Å². The van der Waals surface area contributed by atoms with E-state index in [0.29, 0.717) is 11.4 Å². The molecule has 3 N–H and O–H groups in total. The van der Waals surface area contributed by atoms with Gasteiger partial charge in [0, 0.05) is 7.11 Å². The molecule has 70 valence electrons. The summed E-state index contributed by atoms with van der Waals surface area (Å²) in [6, 6.07) is -0.220. The molecule has 0 saturated heterocycles. The van der Waals surface area contributed by atoms with E-state index >= 15 is 0 Å². The van der Waals surface area contributed by atoms with Gasteiger partial charge in [0.1, 0.15) is 6.61 Å². The summed E-state index contributed by atoms with van der Waals surface area (Å²) in [5.41, 5.74) is 5.37. The normalized spacial score (nSPS) is 12.2. The van der Waals surface area contributed by atoms with Crippen molar-refractivity contribution in [3.63, 3.8) is 0 Å². The van der Waals surface area contributed by atoms with Crippen LogP contribution in [0.2, 0.25) is 0 Å². The summed E-state index contributed by atoms with van der Waals surface area (Å²) in [5.74, 6) is -0.197. The van der Waals surface area contributed by atoms with Crippen LogP contribution in [0.25, 0.3) is 0 Å². The quantitative estimate of drug-likeness (QED) is 0.590. The van der Waals surface area contributed by atoms with E-state index in [9.17, 15) is 4.79 Å². The van der Waals surface area contributed by atoms with Crippen molar-refractivity contribution < 1.29 is 9.53 Å². The van der Waals surface area contributed by atoms with Gasteiger partial charge in [-0.05, 0) is 6.42 Å². The highest BCUT2D eigenvalue weighted by molar-refractivity contribution is 7.80. The second kappa shape index (κ2) is 5.91. The van der Waals surface area contributed by atoms with Gasteiger partial charge < -0.3 is 15.8 Å². The number of rotatable bonds is 5. The molecule has 0 spiro atoms. The van der Waals surface area contributed by atoms with Crippen molar-refractivity contribution in [2.45, 2.75) is 19.4 Å². The molecule has 0 aromatic heterocycles. The molecule has 0 heterocycles. The molecule has 1 unspecified atom stereocenters. The van der Waals surface area contributed by atoms with Gasteiger partial charge >= 0.3 is 0 Å². The fourth-order valence-electron chi connectivity index (χ4n) is 0.741. The fraction of sp³-hybridized carbons (Fsp3) is 0.714. The second-order valence-electron chi connectivity index (χ2n) is 2.36. The number of nitrogens with two attached hydrogens (primary N) is 1. The van der Waals surface area contributed by atoms with E-state index in [4.69, 9.17) is 18.0 Å². The molecular formula is C7H14N2O2S. The zero-order chi connectivity index (χ0) is 9.56. The molecule has 1 atom stereocenters. The van der Waals surface area contributed by atoms with Crippen molar-refractivity contribution in [3.8, 4) is 0 Å². The van der Waals surface area contributed by atoms with Crippen LogP contribution in [0, 0.1) is 0 Å². The minimum absolute atomic E-state index is 0.0408. The first-order valence-electron chi connectivity index (χ1n) is 3.69. The van der Waals surface area contributed by atoms with Gasteiger partial charge in [-0.15, -0.1) is 0 Å².